The maximum Gasteiger partial charge on any atom is 0.139 e. The fourth-order valence-corrected chi connectivity index (χ4v) is 2.82. The zero-order valence-electron chi connectivity index (χ0n) is 10.4. The Morgan fingerprint density at radius 2 is 2.06 bits per heavy atom. The molecule has 5 heteroatoms. The smallest absolute Gasteiger partial charge is 0.139 e. The molecule has 0 saturated heterocycles. The normalized spacial score (nSPS) is 11.7. The van der Waals surface area contributed by atoms with Gasteiger partial charge in [0.15, 0.2) is 0 Å². The molecule has 0 fully saturated rings. The summed E-state index contributed by atoms with van der Waals surface area (Å²) in [6, 6.07) is 3.55. The van der Waals surface area contributed by atoms with Crippen molar-refractivity contribution >= 4 is 38.6 Å². The molecule has 0 radical (unpaired) electrons. The Morgan fingerprint density at radius 3 is 2.61 bits per heavy atom. The van der Waals surface area contributed by atoms with Gasteiger partial charge in [-0.1, -0.05) is 13.8 Å². The summed E-state index contributed by atoms with van der Waals surface area (Å²) < 4.78 is 16.2. The van der Waals surface area contributed by atoms with Crippen molar-refractivity contribution in [2.45, 2.75) is 38.6 Å². The first-order valence-electron chi connectivity index (χ1n) is 6.04. The molecule has 0 N–H and O–H groups in total. The number of nitrogens with zero attached hydrogens (tertiary/aromatic N) is 2. The molecule has 0 bridgehead atoms. The van der Waals surface area contributed by atoms with E-state index in [4.69, 9.17) is 11.6 Å². The molecule has 2 nitrogen and oxygen atoms in total. The van der Waals surface area contributed by atoms with Crippen molar-refractivity contribution in [3.8, 4) is 0 Å². The van der Waals surface area contributed by atoms with Crippen LogP contribution >= 0.6 is 27.5 Å². The van der Waals surface area contributed by atoms with Crippen LogP contribution in [0.15, 0.2) is 16.6 Å². The molecule has 18 heavy (non-hydrogen) atoms. The van der Waals surface area contributed by atoms with Crippen molar-refractivity contribution in [2.24, 2.45) is 0 Å². The standard InChI is InChI=1S/C13H15BrClFN2/c1-3-8(4-2)18-12-6-10(16)9(14)5-11(12)17-13(18)7-15/h5-6,8H,3-4,7H2,1-2H3. The van der Waals surface area contributed by atoms with Crippen LogP contribution in [0.25, 0.3) is 11.0 Å². The fourth-order valence-electron chi connectivity index (χ4n) is 2.30. The maximum atomic E-state index is 13.7. The Hall–Kier alpha value is -0.610. The lowest BCUT2D eigenvalue weighted by atomic mass is 10.1. The molecule has 98 valence electrons. The third kappa shape index (κ3) is 2.28. The van der Waals surface area contributed by atoms with E-state index in [1.165, 1.54) is 6.07 Å². The van der Waals surface area contributed by atoms with E-state index >= 15 is 0 Å². The zero-order chi connectivity index (χ0) is 13.3. The van der Waals surface area contributed by atoms with Gasteiger partial charge in [-0.2, -0.15) is 0 Å². The molecule has 0 spiro atoms. The van der Waals surface area contributed by atoms with E-state index in [0.717, 1.165) is 29.7 Å². The van der Waals surface area contributed by atoms with Crippen LogP contribution in [0.3, 0.4) is 0 Å². The molecule has 0 saturated carbocycles. The van der Waals surface area contributed by atoms with E-state index in [9.17, 15) is 4.39 Å². The van der Waals surface area contributed by atoms with E-state index in [2.05, 4.69) is 39.3 Å². The van der Waals surface area contributed by atoms with Crippen molar-refractivity contribution in [1.29, 1.82) is 0 Å². The molecule has 0 amide bonds. The van der Waals surface area contributed by atoms with E-state index in [0.29, 0.717) is 16.4 Å². The highest BCUT2D eigenvalue weighted by atomic mass is 79.9. The van der Waals surface area contributed by atoms with Crippen LogP contribution in [0.4, 0.5) is 4.39 Å². The number of halogens is 3. The SMILES string of the molecule is CCC(CC)n1c(CCl)nc2cc(Br)c(F)cc21. The predicted octanol–water partition coefficient (Wildman–Crippen LogP) is 5.04. The molecule has 0 atom stereocenters. The van der Waals surface area contributed by atoms with Crippen LogP contribution in [-0.4, -0.2) is 9.55 Å². The Bertz CT molecular complexity index is 564. The second-order valence-corrected chi connectivity index (χ2v) is 5.38. The van der Waals surface area contributed by atoms with Gasteiger partial charge >= 0.3 is 0 Å². The lowest BCUT2D eigenvalue weighted by Gasteiger charge is -2.18. The van der Waals surface area contributed by atoms with Crippen LogP contribution in [0, 0.1) is 5.82 Å². The number of hydrogen-bond donors (Lipinski definition) is 0. The van der Waals surface area contributed by atoms with Crippen molar-refractivity contribution in [1.82, 2.24) is 9.55 Å². The topological polar surface area (TPSA) is 17.8 Å². The fraction of sp³-hybridized carbons (Fsp3) is 0.462. The summed E-state index contributed by atoms with van der Waals surface area (Å²) in [6.45, 7) is 4.24. The molecule has 1 aromatic carbocycles. The van der Waals surface area contributed by atoms with Crippen molar-refractivity contribution < 1.29 is 4.39 Å². The molecule has 0 aliphatic rings. The van der Waals surface area contributed by atoms with E-state index in [1.54, 1.807) is 6.07 Å². The third-order valence-corrected chi connectivity index (χ3v) is 4.08. The molecular formula is C13H15BrClFN2. The van der Waals surface area contributed by atoms with Crippen LogP contribution in [0.5, 0.6) is 0 Å². The number of imidazole rings is 1. The Kier molecular flexibility index (Phi) is 4.28. The van der Waals surface area contributed by atoms with Crippen molar-refractivity contribution in [3.63, 3.8) is 0 Å². The van der Waals surface area contributed by atoms with Crippen LogP contribution in [0.1, 0.15) is 38.6 Å². The van der Waals surface area contributed by atoms with Crippen LogP contribution in [-0.2, 0) is 5.88 Å². The predicted molar refractivity (Wildman–Crippen MR) is 76.6 cm³/mol. The van der Waals surface area contributed by atoms with Gasteiger partial charge in [-0.05, 0) is 34.8 Å². The summed E-state index contributed by atoms with van der Waals surface area (Å²) in [5.41, 5.74) is 1.60. The first-order valence-corrected chi connectivity index (χ1v) is 7.36. The molecule has 0 aliphatic carbocycles. The number of hydrogen-bond acceptors (Lipinski definition) is 1. The van der Waals surface area contributed by atoms with Gasteiger partial charge in [-0.15, -0.1) is 11.6 Å². The molecule has 1 aromatic heterocycles. The first-order chi connectivity index (χ1) is 8.62. The van der Waals surface area contributed by atoms with Gasteiger partial charge in [-0.25, -0.2) is 9.37 Å². The minimum Gasteiger partial charge on any atom is -0.324 e. The number of rotatable bonds is 4. The Labute approximate surface area is 119 Å². The summed E-state index contributed by atoms with van der Waals surface area (Å²) in [6.07, 6.45) is 1.95. The number of aromatic nitrogens is 2. The minimum atomic E-state index is -0.268. The second kappa shape index (κ2) is 5.57. The van der Waals surface area contributed by atoms with Gasteiger partial charge in [0.05, 0.1) is 21.4 Å². The number of benzene rings is 1. The van der Waals surface area contributed by atoms with Crippen molar-refractivity contribution in [3.05, 3.63) is 28.2 Å². The van der Waals surface area contributed by atoms with Gasteiger partial charge in [0.1, 0.15) is 11.6 Å². The van der Waals surface area contributed by atoms with Crippen LogP contribution in [0.2, 0.25) is 0 Å². The van der Waals surface area contributed by atoms with Gasteiger partial charge < -0.3 is 4.57 Å². The Balaban J connectivity index is 2.72. The molecular weight excluding hydrogens is 319 g/mol. The zero-order valence-corrected chi connectivity index (χ0v) is 12.7. The number of fused-ring (bicyclic) bond motifs is 1. The molecule has 0 aliphatic heterocycles. The highest BCUT2D eigenvalue weighted by Gasteiger charge is 2.17. The lowest BCUT2D eigenvalue weighted by Crippen LogP contribution is -2.10. The highest BCUT2D eigenvalue weighted by molar-refractivity contribution is 9.10. The first kappa shape index (κ1) is 13.8. The average molecular weight is 334 g/mol. The van der Waals surface area contributed by atoms with Gasteiger partial charge in [0.2, 0.25) is 0 Å². The number of alkyl halides is 1. The summed E-state index contributed by atoms with van der Waals surface area (Å²) in [5, 5.41) is 0. The minimum absolute atomic E-state index is 0.268. The van der Waals surface area contributed by atoms with E-state index in [1.807, 2.05) is 0 Å². The monoisotopic (exact) mass is 332 g/mol. The second-order valence-electron chi connectivity index (χ2n) is 4.26. The molecule has 2 rings (SSSR count). The average Bonchev–Trinajstić information content (AvgIpc) is 2.70. The van der Waals surface area contributed by atoms with Crippen molar-refractivity contribution in [2.75, 3.05) is 0 Å². The highest BCUT2D eigenvalue weighted by Crippen LogP contribution is 2.29. The largest absolute Gasteiger partial charge is 0.324 e. The maximum absolute atomic E-state index is 13.7. The molecule has 2 aromatic rings. The van der Waals surface area contributed by atoms with E-state index in [-0.39, 0.29) is 5.82 Å². The van der Waals surface area contributed by atoms with E-state index < -0.39 is 0 Å². The quantitative estimate of drug-likeness (QED) is 0.717. The molecule has 0 unspecified atom stereocenters. The summed E-state index contributed by atoms with van der Waals surface area (Å²) in [5.74, 6) is 0.873. The van der Waals surface area contributed by atoms with Gasteiger partial charge in [0.25, 0.3) is 0 Å². The molecule has 1 heterocycles. The van der Waals surface area contributed by atoms with Gasteiger partial charge in [0, 0.05) is 12.1 Å². The summed E-state index contributed by atoms with van der Waals surface area (Å²) in [4.78, 5) is 4.48. The third-order valence-electron chi connectivity index (χ3n) is 3.23. The summed E-state index contributed by atoms with van der Waals surface area (Å²) >= 11 is 9.14. The van der Waals surface area contributed by atoms with Crippen LogP contribution < -0.4 is 0 Å². The Morgan fingerprint density at radius 1 is 1.39 bits per heavy atom. The lowest BCUT2D eigenvalue weighted by molar-refractivity contribution is 0.471. The summed E-state index contributed by atoms with van der Waals surface area (Å²) in [7, 11) is 0. The van der Waals surface area contributed by atoms with Gasteiger partial charge in [-0.3, -0.25) is 0 Å².